The number of benzene rings is 2. The number of fused-ring (bicyclic) bond motifs is 1. The summed E-state index contributed by atoms with van der Waals surface area (Å²) in [6.45, 7) is 3.00. The number of amides is 1. The van der Waals surface area contributed by atoms with Crippen LogP contribution in [0.5, 0.6) is 0 Å². The number of carbonyl (C=O) groups is 1. The molecular weight excluding hydrogens is 406 g/mol. The van der Waals surface area contributed by atoms with Crippen LogP contribution in [0, 0.1) is 17.0 Å². The highest BCUT2D eigenvalue weighted by molar-refractivity contribution is 7.92. The SMILES string of the molecule is Cc1ccc([N+](=O)[O-])cc1N(CCCC(=O)N1CCc2ccccc2C1)S(C)(=O)=O. The Morgan fingerprint density at radius 3 is 2.57 bits per heavy atom. The quantitative estimate of drug-likeness (QED) is 0.495. The predicted molar refractivity (Wildman–Crippen MR) is 115 cm³/mol. The Labute approximate surface area is 176 Å². The average Bonchev–Trinajstić information content (AvgIpc) is 2.70. The lowest BCUT2D eigenvalue weighted by atomic mass is 9.99. The van der Waals surface area contributed by atoms with Gasteiger partial charge in [0.2, 0.25) is 15.9 Å². The van der Waals surface area contributed by atoms with Gasteiger partial charge in [-0.2, -0.15) is 0 Å². The van der Waals surface area contributed by atoms with Crippen molar-refractivity contribution < 1.29 is 18.1 Å². The number of non-ortho nitro benzene ring substituents is 1. The number of anilines is 1. The van der Waals surface area contributed by atoms with Crippen molar-refractivity contribution in [1.29, 1.82) is 0 Å². The fourth-order valence-corrected chi connectivity index (χ4v) is 4.70. The van der Waals surface area contributed by atoms with E-state index in [0.29, 0.717) is 25.1 Å². The maximum Gasteiger partial charge on any atom is 0.271 e. The second-order valence-electron chi connectivity index (χ2n) is 7.50. The van der Waals surface area contributed by atoms with Gasteiger partial charge in [-0.05, 0) is 36.5 Å². The maximum absolute atomic E-state index is 12.7. The van der Waals surface area contributed by atoms with E-state index in [1.807, 2.05) is 18.2 Å². The monoisotopic (exact) mass is 431 g/mol. The molecule has 3 rings (SSSR count). The van der Waals surface area contributed by atoms with Gasteiger partial charge in [-0.1, -0.05) is 30.3 Å². The van der Waals surface area contributed by atoms with Gasteiger partial charge in [-0.3, -0.25) is 19.2 Å². The largest absolute Gasteiger partial charge is 0.338 e. The number of carbonyl (C=O) groups excluding carboxylic acids is 1. The maximum atomic E-state index is 12.7. The molecule has 0 bridgehead atoms. The van der Waals surface area contributed by atoms with E-state index in [0.717, 1.165) is 22.5 Å². The lowest BCUT2D eigenvalue weighted by molar-refractivity contribution is -0.384. The molecule has 0 spiro atoms. The van der Waals surface area contributed by atoms with Gasteiger partial charge >= 0.3 is 0 Å². The molecule has 1 aliphatic rings. The average molecular weight is 432 g/mol. The van der Waals surface area contributed by atoms with Crippen molar-refractivity contribution in [3.63, 3.8) is 0 Å². The number of hydrogen-bond donors (Lipinski definition) is 0. The lowest BCUT2D eigenvalue weighted by Gasteiger charge is -2.29. The summed E-state index contributed by atoms with van der Waals surface area (Å²) in [4.78, 5) is 25.0. The second kappa shape index (κ2) is 8.83. The molecule has 2 aromatic carbocycles. The van der Waals surface area contributed by atoms with E-state index >= 15 is 0 Å². The van der Waals surface area contributed by atoms with E-state index in [9.17, 15) is 23.3 Å². The third kappa shape index (κ3) is 4.96. The van der Waals surface area contributed by atoms with Crippen LogP contribution >= 0.6 is 0 Å². The number of nitro groups is 1. The molecule has 0 unspecified atom stereocenters. The number of nitro benzene ring substituents is 1. The fourth-order valence-electron chi connectivity index (χ4n) is 3.69. The van der Waals surface area contributed by atoms with Crippen molar-refractivity contribution in [1.82, 2.24) is 4.90 Å². The Bertz CT molecular complexity index is 1070. The Kier molecular flexibility index (Phi) is 6.40. The number of nitrogens with zero attached hydrogens (tertiary/aromatic N) is 3. The lowest BCUT2D eigenvalue weighted by Crippen LogP contribution is -2.37. The zero-order chi connectivity index (χ0) is 21.9. The number of aryl methyl sites for hydroxylation is 1. The molecule has 0 saturated heterocycles. The normalized spacial score (nSPS) is 13.6. The Balaban J connectivity index is 1.67. The van der Waals surface area contributed by atoms with E-state index < -0.39 is 14.9 Å². The standard InChI is InChI=1S/C21H25N3O5S/c1-16-9-10-19(24(26)27)14-20(16)23(30(2,28)29)12-5-8-21(25)22-13-11-17-6-3-4-7-18(17)15-22/h3-4,6-7,9-10,14H,5,8,11-13,15H2,1-2H3. The molecule has 0 N–H and O–H groups in total. The molecule has 0 aliphatic carbocycles. The molecule has 1 aliphatic heterocycles. The van der Waals surface area contributed by atoms with Crippen molar-refractivity contribution in [2.45, 2.75) is 32.7 Å². The van der Waals surface area contributed by atoms with Crippen molar-refractivity contribution >= 4 is 27.3 Å². The first kappa shape index (κ1) is 21.8. The molecule has 0 radical (unpaired) electrons. The molecule has 30 heavy (non-hydrogen) atoms. The van der Waals surface area contributed by atoms with E-state index in [1.165, 1.54) is 23.8 Å². The van der Waals surface area contributed by atoms with Crippen molar-refractivity contribution in [3.8, 4) is 0 Å². The zero-order valence-electron chi connectivity index (χ0n) is 17.1. The van der Waals surface area contributed by atoms with E-state index in [1.54, 1.807) is 11.8 Å². The summed E-state index contributed by atoms with van der Waals surface area (Å²) in [6.07, 6.45) is 2.41. The molecule has 160 valence electrons. The van der Waals surface area contributed by atoms with Gasteiger partial charge < -0.3 is 4.90 Å². The summed E-state index contributed by atoms with van der Waals surface area (Å²) >= 11 is 0. The minimum atomic E-state index is -3.66. The topological polar surface area (TPSA) is 101 Å². The van der Waals surface area contributed by atoms with Crippen LogP contribution in [-0.2, 0) is 27.8 Å². The highest BCUT2D eigenvalue weighted by Gasteiger charge is 2.24. The van der Waals surface area contributed by atoms with Gasteiger partial charge in [0.25, 0.3) is 5.69 Å². The second-order valence-corrected chi connectivity index (χ2v) is 9.41. The van der Waals surface area contributed by atoms with Crippen molar-refractivity contribution in [2.75, 3.05) is 23.7 Å². The molecule has 2 aromatic rings. The number of hydrogen-bond acceptors (Lipinski definition) is 5. The van der Waals surface area contributed by atoms with Gasteiger partial charge in [0, 0.05) is 38.2 Å². The third-order valence-corrected chi connectivity index (χ3v) is 6.49. The Morgan fingerprint density at radius 2 is 1.90 bits per heavy atom. The summed E-state index contributed by atoms with van der Waals surface area (Å²) in [5.41, 5.74) is 3.11. The molecule has 0 fully saturated rings. The minimum Gasteiger partial charge on any atom is -0.338 e. The molecule has 0 saturated carbocycles. The van der Waals surface area contributed by atoms with Gasteiger partial charge in [-0.15, -0.1) is 0 Å². The van der Waals surface area contributed by atoms with E-state index in [-0.39, 0.29) is 30.2 Å². The molecular formula is C21H25N3O5S. The number of sulfonamides is 1. The third-order valence-electron chi connectivity index (χ3n) is 5.31. The Hall–Kier alpha value is -2.94. The molecule has 9 heteroatoms. The summed E-state index contributed by atoms with van der Waals surface area (Å²) in [7, 11) is -3.66. The highest BCUT2D eigenvalue weighted by Crippen LogP contribution is 2.28. The molecule has 8 nitrogen and oxygen atoms in total. The number of rotatable bonds is 7. The molecule has 1 heterocycles. The van der Waals surface area contributed by atoms with Crippen molar-refractivity contribution in [3.05, 3.63) is 69.3 Å². The fraction of sp³-hybridized carbons (Fsp3) is 0.381. The Morgan fingerprint density at radius 1 is 1.20 bits per heavy atom. The molecule has 1 amide bonds. The minimum absolute atomic E-state index is 0.0197. The first-order valence-corrected chi connectivity index (χ1v) is 11.6. The van der Waals surface area contributed by atoms with Crippen LogP contribution in [0.4, 0.5) is 11.4 Å². The van der Waals surface area contributed by atoms with Crippen LogP contribution in [0.3, 0.4) is 0 Å². The zero-order valence-corrected chi connectivity index (χ0v) is 17.9. The smallest absolute Gasteiger partial charge is 0.271 e. The highest BCUT2D eigenvalue weighted by atomic mass is 32.2. The van der Waals surface area contributed by atoms with Gasteiger partial charge in [0.15, 0.2) is 0 Å². The molecule has 0 atom stereocenters. The van der Waals surface area contributed by atoms with E-state index in [2.05, 4.69) is 6.07 Å². The van der Waals surface area contributed by atoms with Crippen LogP contribution in [-0.4, -0.2) is 43.5 Å². The predicted octanol–water partition coefficient (Wildman–Crippen LogP) is 3.03. The van der Waals surface area contributed by atoms with Crippen LogP contribution in [0.2, 0.25) is 0 Å². The summed E-state index contributed by atoms with van der Waals surface area (Å²) in [5.74, 6) is -0.0197. The first-order chi connectivity index (χ1) is 14.2. The van der Waals surface area contributed by atoms with Crippen LogP contribution in [0.25, 0.3) is 0 Å². The van der Waals surface area contributed by atoms with Crippen LogP contribution in [0.15, 0.2) is 42.5 Å². The summed E-state index contributed by atoms with van der Waals surface area (Å²) in [6, 6.07) is 12.2. The van der Waals surface area contributed by atoms with Gasteiger partial charge in [0.1, 0.15) is 0 Å². The van der Waals surface area contributed by atoms with Crippen LogP contribution < -0.4 is 4.31 Å². The first-order valence-electron chi connectivity index (χ1n) is 9.74. The summed E-state index contributed by atoms with van der Waals surface area (Å²) < 4.78 is 25.8. The molecule has 0 aromatic heterocycles. The van der Waals surface area contributed by atoms with E-state index in [4.69, 9.17) is 0 Å². The van der Waals surface area contributed by atoms with Crippen LogP contribution in [0.1, 0.15) is 29.5 Å². The van der Waals surface area contributed by atoms with Crippen molar-refractivity contribution in [2.24, 2.45) is 0 Å². The van der Waals surface area contributed by atoms with Gasteiger partial charge in [-0.25, -0.2) is 8.42 Å². The summed E-state index contributed by atoms with van der Waals surface area (Å²) in [5, 5.41) is 11.1. The van der Waals surface area contributed by atoms with Gasteiger partial charge in [0.05, 0.1) is 16.9 Å².